The molecule has 0 saturated carbocycles. The van der Waals surface area contributed by atoms with Gasteiger partial charge in [0.2, 0.25) is 0 Å². The van der Waals surface area contributed by atoms with E-state index in [2.05, 4.69) is 15.3 Å². The highest BCUT2D eigenvalue weighted by Crippen LogP contribution is 2.21. The third kappa shape index (κ3) is 3.09. The van der Waals surface area contributed by atoms with Crippen LogP contribution in [0.3, 0.4) is 0 Å². The van der Waals surface area contributed by atoms with E-state index >= 15 is 0 Å². The second kappa shape index (κ2) is 5.80. The Balaban J connectivity index is 2.33. The molecular formula is C14H14ClN3O. The molecule has 1 heterocycles. The van der Waals surface area contributed by atoms with Crippen molar-refractivity contribution in [1.29, 1.82) is 0 Å². The van der Waals surface area contributed by atoms with E-state index in [1.807, 2.05) is 37.3 Å². The van der Waals surface area contributed by atoms with Gasteiger partial charge in [-0.3, -0.25) is 4.79 Å². The Morgan fingerprint density at radius 2 is 1.95 bits per heavy atom. The van der Waals surface area contributed by atoms with Crippen molar-refractivity contribution in [3.8, 4) is 0 Å². The van der Waals surface area contributed by atoms with E-state index in [-0.39, 0.29) is 16.9 Å². The molecule has 0 aliphatic carbocycles. The predicted molar refractivity (Wildman–Crippen MR) is 77.2 cm³/mol. The van der Waals surface area contributed by atoms with E-state index in [0.29, 0.717) is 16.6 Å². The summed E-state index contributed by atoms with van der Waals surface area (Å²) in [7, 11) is 0. The van der Waals surface area contributed by atoms with Crippen LogP contribution in [0, 0.1) is 0 Å². The zero-order valence-electron chi connectivity index (χ0n) is 10.8. The molecule has 2 aromatic rings. The molecule has 98 valence electrons. The van der Waals surface area contributed by atoms with Gasteiger partial charge >= 0.3 is 0 Å². The number of halogens is 1. The fourth-order valence-electron chi connectivity index (χ4n) is 1.66. The van der Waals surface area contributed by atoms with Gasteiger partial charge in [-0.05, 0) is 25.5 Å². The number of aromatic nitrogens is 2. The first-order valence-electron chi connectivity index (χ1n) is 6.02. The van der Waals surface area contributed by atoms with Gasteiger partial charge in [0.15, 0.2) is 11.0 Å². The summed E-state index contributed by atoms with van der Waals surface area (Å²) in [5.74, 6) is 0.0718. The molecule has 1 aromatic carbocycles. The monoisotopic (exact) mass is 275 g/mol. The van der Waals surface area contributed by atoms with Crippen LogP contribution in [0.4, 0.5) is 5.82 Å². The lowest BCUT2D eigenvalue weighted by Gasteiger charge is -2.07. The number of nitrogens with one attached hydrogen (secondary N) is 1. The van der Waals surface area contributed by atoms with Crippen molar-refractivity contribution >= 4 is 34.4 Å². The van der Waals surface area contributed by atoms with Gasteiger partial charge in [0.05, 0.1) is 11.0 Å². The van der Waals surface area contributed by atoms with Gasteiger partial charge in [0.25, 0.3) is 5.91 Å². The van der Waals surface area contributed by atoms with Crippen LogP contribution in [0.15, 0.2) is 35.9 Å². The molecule has 5 heteroatoms. The van der Waals surface area contributed by atoms with Gasteiger partial charge < -0.3 is 5.32 Å². The van der Waals surface area contributed by atoms with E-state index in [0.717, 1.165) is 6.42 Å². The third-order valence-electron chi connectivity index (χ3n) is 2.63. The first-order chi connectivity index (χ1) is 9.11. The van der Waals surface area contributed by atoms with Gasteiger partial charge in [0.1, 0.15) is 0 Å². The number of nitrogens with zero attached hydrogens (tertiary/aromatic N) is 2. The Bertz CT molecular complexity index is 652. The second-order valence-electron chi connectivity index (χ2n) is 4.10. The van der Waals surface area contributed by atoms with Crippen LogP contribution in [0.1, 0.15) is 20.3 Å². The van der Waals surface area contributed by atoms with E-state index in [1.54, 1.807) is 6.92 Å². The topological polar surface area (TPSA) is 54.9 Å². The Morgan fingerprint density at radius 3 is 2.58 bits per heavy atom. The summed E-state index contributed by atoms with van der Waals surface area (Å²) in [6, 6.07) is 7.36. The van der Waals surface area contributed by atoms with Gasteiger partial charge in [0, 0.05) is 5.57 Å². The average molecular weight is 276 g/mol. The molecule has 19 heavy (non-hydrogen) atoms. The summed E-state index contributed by atoms with van der Waals surface area (Å²) in [4.78, 5) is 20.4. The molecular weight excluding hydrogens is 262 g/mol. The molecule has 0 unspecified atom stereocenters. The molecule has 0 spiro atoms. The van der Waals surface area contributed by atoms with Crippen LogP contribution >= 0.6 is 11.6 Å². The molecule has 4 nitrogen and oxygen atoms in total. The van der Waals surface area contributed by atoms with Crippen LogP contribution in [0.5, 0.6) is 0 Å². The second-order valence-corrected chi connectivity index (χ2v) is 4.46. The average Bonchev–Trinajstić information content (AvgIpc) is 2.39. The van der Waals surface area contributed by atoms with Crippen molar-refractivity contribution in [2.75, 3.05) is 5.32 Å². The third-order valence-corrected chi connectivity index (χ3v) is 2.89. The number of para-hydroxylation sites is 2. The van der Waals surface area contributed by atoms with Crippen molar-refractivity contribution in [2.24, 2.45) is 0 Å². The summed E-state index contributed by atoms with van der Waals surface area (Å²) in [6.45, 7) is 3.72. The molecule has 0 saturated heterocycles. The standard InChI is InChI=1S/C14H14ClN3O/c1-3-6-9(2)14(19)18-13-12(15)16-10-7-4-5-8-11(10)17-13/h4-8H,3H2,1-2H3,(H,17,18,19)/b9-6-. The number of benzene rings is 1. The highest BCUT2D eigenvalue weighted by Gasteiger charge is 2.11. The predicted octanol–water partition coefficient (Wildman–Crippen LogP) is 3.58. The normalized spacial score (nSPS) is 11.6. The zero-order valence-corrected chi connectivity index (χ0v) is 11.5. The highest BCUT2D eigenvalue weighted by molar-refractivity contribution is 6.32. The number of carbonyl (C=O) groups excluding carboxylic acids is 1. The molecule has 1 aromatic heterocycles. The molecule has 0 aliphatic rings. The van der Waals surface area contributed by atoms with Crippen molar-refractivity contribution in [1.82, 2.24) is 9.97 Å². The van der Waals surface area contributed by atoms with Gasteiger partial charge in [-0.15, -0.1) is 0 Å². The number of allylic oxidation sites excluding steroid dienone is 1. The lowest BCUT2D eigenvalue weighted by molar-refractivity contribution is -0.112. The largest absolute Gasteiger partial charge is 0.304 e. The van der Waals surface area contributed by atoms with Gasteiger partial charge in [-0.2, -0.15) is 0 Å². The minimum atomic E-state index is -0.215. The molecule has 0 radical (unpaired) electrons. The van der Waals surface area contributed by atoms with E-state index in [4.69, 9.17) is 11.6 Å². The van der Waals surface area contributed by atoms with Gasteiger partial charge in [-0.1, -0.05) is 36.7 Å². The Morgan fingerprint density at radius 1 is 1.32 bits per heavy atom. The minimum absolute atomic E-state index is 0.191. The molecule has 0 atom stereocenters. The van der Waals surface area contributed by atoms with E-state index in [1.165, 1.54) is 0 Å². The quantitative estimate of drug-likeness (QED) is 0.871. The summed E-state index contributed by atoms with van der Waals surface area (Å²) in [5.41, 5.74) is 2.03. The molecule has 1 amide bonds. The number of carbonyl (C=O) groups is 1. The molecule has 0 aliphatic heterocycles. The summed E-state index contributed by atoms with van der Waals surface area (Å²) >= 11 is 6.02. The molecule has 1 N–H and O–H groups in total. The first-order valence-corrected chi connectivity index (χ1v) is 6.40. The summed E-state index contributed by atoms with van der Waals surface area (Å²) < 4.78 is 0. The first kappa shape index (κ1) is 13.5. The lowest BCUT2D eigenvalue weighted by Crippen LogP contribution is -2.14. The summed E-state index contributed by atoms with van der Waals surface area (Å²) in [5, 5.41) is 2.87. The SMILES string of the molecule is CC/C=C(/C)C(=O)Nc1nc2ccccc2nc1Cl. The smallest absolute Gasteiger partial charge is 0.252 e. The van der Waals surface area contributed by atoms with E-state index < -0.39 is 0 Å². The maximum absolute atomic E-state index is 11.9. The molecule has 0 fully saturated rings. The zero-order chi connectivity index (χ0) is 13.8. The van der Waals surface area contributed by atoms with Crippen LogP contribution in [-0.2, 0) is 4.79 Å². The highest BCUT2D eigenvalue weighted by atomic mass is 35.5. The minimum Gasteiger partial charge on any atom is -0.304 e. The number of rotatable bonds is 3. The van der Waals surface area contributed by atoms with Crippen molar-refractivity contribution < 1.29 is 4.79 Å². The molecule has 2 rings (SSSR count). The van der Waals surface area contributed by atoms with Crippen LogP contribution < -0.4 is 5.32 Å². The van der Waals surface area contributed by atoms with Gasteiger partial charge in [-0.25, -0.2) is 9.97 Å². The summed E-state index contributed by atoms with van der Waals surface area (Å²) in [6.07, 6.45) is 2.65. The maximum atomic E-state index is 11.9. The fourth-order valence-corrected chi connectivity index (χ4v) is 1.84. The number of hydrogen-bond acceptors (Lipinski definition) is 3. The number of fused-ring (bicyclic) bond motifs is 1. The lowest BCUT2D eigenvalue weighted by atomic mass is 10.2. The number of hydrogen-bond donors (Lipinski definition) is 1. The number of amides is 1. The van der Waals surface area contributed by atoms with E-state index in [9.17, 15) is 4.79 Å². The molecule has 0 bridgehead atoms. The number of anilines is 1. The van der Waals surface area contributed by atoms with Crippen LogP contribution in [-0.4, -0.2) is 15.9 Å². The Labute approximate surface area is 116 Å². The van der Waals surface area contributed by atoms with Crippen LogP contribution in [0.25, 0.3) is 11.0 Å². The Hall–Kier alpha value is -1.94. The van der Waals surface area contributed by atoms with Crippen molar-refractivity contribution in [3.63, 3.8) is 0 Å². The fraction of sp³-hybridized carbons (Fsp3) is 0.214. The Kier molecular flexibility index (Phi) is 4.12. The van der Waals surface area contributed by atoms with Crippen molar-refractivity contribution in [2.45, 2.75) is 20.3 Å². The van der Waals surface area contributed by atoms with Crippen LogP contribution in [0.2, 0.25) is 5.15 Å². The van der Waals surface area contributed by atoms with Crippen molar-refractivity contribution in [3.05, 3.63) is 41.1 Å². The maximum Gasteiger partial charge on any atom is 0.252 e.